The molecule has 1 aliphatic rings. The third-order valence-electron chi connectivity index (χ3n) is 4.81. The molecule has 0 unspecified atom stereocenters. The van der Waals surface area contributed by atoms with Crippen LogP contribution in [-0.2, 0) is 9.59 Å². The maximum Gasteiger partial charge on any atom is 0.335 e. The number of urea groups is 1. The van der Waals surface area contributed by atoms with E-state index in [2.05, 4.69) is 21.2 Å². The van der Waals surface area contributed by atoms with Crippen molar-refractivity contribution < 1.29 is 23.9 Å². The van der Waals surface area contributed by atoms with Crippen LogP contribution in [0.2, 0.25) is 5.02 Å². The number of barbiturate groups is 1. The van der Waals surface area contributed by atoms with Crippen LogP contribution in [0.15, 0.2) is 82.8 Å². The first-order valence-corrected chi connectivity index (χ1v) is 11.4. The maximum absolute atomic E-state index is 12.9. The van der Waals surface area contributed by atoms with Gasteiger partial charge >= 0.3 is 6.03 Å². The maximum atomic E-state index is 12.9. The van der Waals surface area contributed by atoms with E-state index in [-0.39, 0.29) is 5.57 Å². The highest BCUT2D eigenvalue weighted by molar-refractivity contribution is 9.10. The summed E-state index contributed by atoms with van der Waals surface area (Å²) in [4.78, 5) is 38.4. The Hall–Kier alpha value is -3.62. The van der Waals surface area contributed by atoms with Gasteiger partial charge in [0.1, 0.15) is 30.3 Å². The second-order valence-corrected chi connectivity index (χ2v) is 8.51. The van der Waals surface area contributed by atoms with Gasteiger partial charge in [-0.15, -0.1) is 0 Å². The van der Waals surface area contributed by atoms with Crippen molar-refractivity contribution in [3.8, 4) is 11.5 Å². The number of benzene rings is 3. The lowest BCUT2D eigenvalue weighted by molar-refractivity contribution is -0.122. The van der Waals surface area contributed by atoms with Gasteiger partial charge in [0.2, 0.25) is 0 Å². The van der Waals surface area contributed by atoms with E-state index in [4.69, 9.17) is 21.1 Å². The van der Waals surface area contributed by atoms with Gasteiger partial charge in [0.25, 0.3) is 11.8 Å². The molecule has 7 nitrogen and oxygen atoms in total. The third-order valence-corrected chi connectivity index (χ3v) is 5.59. The van der Waals surface area contributed by atoms with Gasteiger partial charge in [-0.1, -0.05) is 39.7 Å². The molecular formula is C25H18BrClN2O5. The van der Waals surface area contributed by atoms with Gasteiger partial charge in [0.15, 0.2) is 0 Å². The summed E-state index contributed by atoms with van der Waals surface area (Å²) >= 11 is 9.25. The summed E-state index contributed by atoms with van der Waals surface area (Å²) in [5, 5.41) is 2.65. The highest BCUT2D eigenvalue weighted by atomic mass is 79.9. The third kappa shape index (κ3) is 5.65. The number of carbonyl (C=O) groups is 3. The molecule has 0 spiro atoms. The predicted molar refractivity (Wildman–Crippen MR) is 132 cm³/mol. The van der Waals surface area contributed by atoms with Gasteiger partial charge in [-0.2, -0.15) is 0 Å². The summed E-state index contributed by atoms with van der Waals surface area (Å²) < 4.78 is 12.3. The minimum absolute atomic E-state index is 0.161. The molecule has 3 aromatic carbocycles. The molecule has 4 amide bonds. The van der Waals surface area contributed by atoms with Crippen LogP contribution in [0.4, 0.5) is 10.5 Å². The molecule has 4 rings (SSSR count). The fourth-order valence-electron chi connectivity index (χ4n) is 3.16. The van der Waals surface area contributed by atoms with Crippen LogP contribution in [0.5, 0.6) is 11.5 Å². The van der Waals surface area contributed by atoms with Crippen LogP contribution >= 0.6 is 27.5 Å². The molecule has 172 valence electrons. The number of amides is 4. The molecule has 1 aliphatic heterocycles. The SMILES string of the molecule is O=C1NC(=O)N(c2ccc(Cl)cc2)C(=O)/C1=C\c1ccc(OCCOc2ccc(Br)cc2)cc1. The molecule has 34 heavy (non-hydrogen) atoms. The Morgan fingerprint density at radius 3 is 1.97 bits per heavy atom. The van der Waals surface area contributed by atoms with Crippen LogP contribution in [0.1, 0.15) is 5.56 Å². The Morgan fingerprint density at radius 1 is 0.824 bits per heavy atom. The number of hydrogen-bond donors (Lipinski definition) is 1. The Balaban J connectivity index is 1.39. The van der Waals surface area contributed by atoms with Gasteiger partial charge in [-0.05, 0) is 72.3 Å². The monoisotopic (exact) mass is 540 g/mol. The van der Waals surface area contributed by atoms with Crippen molar-refractivity contribution in [2.45, 2.75) is 0 Å². The van der Waals surface area contributed by atoms with E-state index >= 15 is 0 Å². The molecule has 1 heterocycles. The van der Waals surface area contributed by atoms with Gasteiger partial charge in [0, 0.05) is 9.50 Å². The number of carbonyl (C=O) groups excluding carboxylic acids is 3. The number of hydrogen-bond acceptors (Lipinski definition) is 5. The molecular weight excluding hydrogens is 524 g/mol. The highest BCUT2D eigenvalue weighted by Gasteiger charge is 2.36. The number of anilines is 1. The standard InChI is InChI=1S/C25H18BrClN2O5/c26-17-3-11-21(12-4-17)34-14-13-33-20-9-1-16(2-10-20)15-22-23(30)28-25(32)29(24(22)31)19-7-5-18(27)6-8-19/h1-12,15H,13-14H2,(H,28,30,32)/b22-15-. The molecule has 0 aliphatic carbocycles. The largest absolute Gasteiger partial charge is 0.490 e. The van der Waals surface area contributed by atoms with Crippen LogP contribution < -0.4 is 19.7 Å². The molecule has 1 N–H and O–H groups in total. The van der Waals surface area contributed by atoms with Crippen molar-refractivity contribution >= 4 is 57.1 Å². The highest BCUT2D eigenvalue weighted by Crippen LogP contribution is 2.24. The van der Waals surface area contributed by atoms with Crippen LogP contribution in [0, 0.1) is 0 Å². The minimum atomic E-state index is -0.816. The van der Waals surface area contributed by atoms with Gasteiger partial charge < -0.3 is 9.47 Å². The first-order chi connectivity index (χ1) is 16.4. The molecule has 1 saturated heterocycles. The smallest absolute Gasteiger partial charge is 0.335 e. The van der Waals surface area contributed by atoms with Gasteiger partial charge in [-0.25, -0.2) is 9.69 Å². The predicted octanol–water partition coefficient (Wildman–Crippen LogP) is 5.23. The van der Waals surface area contributed by atoms with Crippen molar-refractivity contribution in [1.82, 2.24) is 5.32 Å². The number of imide groups is 2. The van der Waals surface area contributed by atoms with E-state index in [9.17, 15) is 14.4 Å². The topological polar surface area (TPSA) is 84.9 Å². The molecule has 1 fully saturated rings. The number of nitrogens with zero attached hydrogens (tertiary/aromatic N) is 1. The number of nitrogens with one attached hydrogen (secondary N) is 1. The first-order valence-electron chi connectivity index (χ1n) is 10.2. The fraction of sp³-hybridized carbons (Fsp3) is 0.0800. The van der Waals surface area contributed by atoms with Crippen molar-refractivity contribution in [2.75, 3.05) is 18.1 Å². The molecule has 0 atom stereocenters. The van der Waals surface area contributed by atoms with Crippen LogP contribution in [0.3, 0.4) is 0 Å². The second kappa shape index (κ2) is 10.5. The molecule has 0 bridgehead atoms. The molecule has 0 saturated carbocycles. The van der Waals surface area contributed by atoms with Crippen LogP contribution in [0.25, 0.3) is 6.08 Å². The zero-order valence-electron chi connectivity index (χ0n) is 17.7. The second-order valence-electron chi connectivity index (χ2n) is 7.15. The zero-order valence-corrected chi connectivity index (χ0v) is 20.0. The minimum Gasteiger partial charge on any atom is -0.490 e. The lowest BCUT2D eigenvalue weighted by Crippen LogP contribution is -2.54. The van der Waals surface area contributed by atoms with E-state index in [0.717, 1.165) is 15.1 Å². The number of ether oxygens (including phenoxy) is 2. The average molecular weight is 542 g/mol. The van der Waals surface area contributed by atoms with E-state index < -0.39 is 17.8 Å². The molecule has 3 aromatic rings. The summed E-state index contributed by atoms with van der Waals surface area (Å²) in [6.07, 6.45) is 1.42. The lowest BCUT2D eigenvalue weighted by atomic mass is 10.1. The zero-order chi connectivity index (χ0) is 24.1. The molecule has 0 radical (unpaired) electrons. The Morgan fingerprint density at radius 2 is 1.38 bits per heavy atom. The van der Waals surface area contributed by atoms with Crippen molar-refractivity contribution in [3.63, 3.8) is 0 Å². The number of halogens is 2. The van der Waals surface area contributed by atoms with Crippen molar-refractivity contribution in [1.29, 1.82) is 0 Å². The van der Waals surface area contributed by atoms with Gasteiger partial charge in [0.05, 0.1) is 5.69 Å². The quantitative estimate of drug-likeness (QED) is 0.252. The summed E-state index contributed by atoms with van der Waals surface area (Å²) in [7, 11) is 0. The Kier molecular flexibility index (Phi) is 7.30. The fourth-order valence-corrected chi connectivity index (χ4v) is 3.55. The summed E-state index contributed by atoms with van der Waals surface area (Å²) in [5.41, 5.74) is 0.743. The Bertz CT molecular complexity index is 1240. The number of rotatable bonds is 7. The van der Waals surface area contributed by atoms with E-state index in [0.29, 0.717) is 35.2 Å². The van der Waals surface area contributed by atoms with Crippen molar-refractivity contribution in [3.05, 3.63) is 93.4 Å². The average Bonchev–Trinajstić information content (AvgIpc) is 2.82. The summed E-state index contributed by atoms with van der Waals surface area (Å²) in [5.74, 6) is -0.124. The first kappa shape index (κ1) is 23.5. The van der Waals surface area contributed by atoms with E-state index in [1.807, 2.05) is 24.3 Å². The van der Waals surface area contributed by atoms with Crippen LogP contribution in [-0.4, -0.2) is 31.1 Å². The van der Waals surface area contributed by atoms with Gasteiger partial charge in [-0.3, -0.25) is 14.9 Å². The summed E-state index contributed by atoms with van der Waals surface area (Å²) in [6.45, 7) is 0.715. The summed E-state index contributed by atoms with van der Waals surface area (Å²) in [6, 6.07) is 19.7. The normalized spacial score (nSPS) is 14.8. The lowest BCUT2D eigenvalue weighted by Gasteiger charge is -2.26. The van der Waals surface area contributed by atoms with Crippen molar-refractivity contribution in [2.24, 2.45) is 0 Å². The molecule has 9 heteroatoms. The van der Waals surface area contributed by atoms with E-state index in [1.54, 1.807) is 36.4 Å². The Labute approximate surface area is 209 Å². The van der Waals surface area contributed by atoms with E-state index in [1.165, 1.54) is 18.2 Å². The molecule has 0 aromatic heterocycles.